The summed E-state index contributed by atoms with van der Waals surface area (Å²) in [5.41, 5.74) is 2.63. The zero-order chi connectivity index (χ0) is 22.6. The number of non-ortho nitro benzene ring substituents is 1. The molecule has 1 heterocycles. The van der Waals surface area contributed by atoms with Crippen molar-refractivity contribution in [2.45, 2.75) is 19.5 Å². The number of alkyl halides is 3. The number of nitrogens with zero attached hydrogens (tertiary/aromatic N) is 3. The summed E-state index contributed by atoms with van der Waals surface area (Å²) < 4.78 is 40.0. The van der Waals surface area contributed by atoms with Gasteiger partial charge in [0.2, 0.25) is 5.13 Å². The molecule has 0 spiro atoms. The van der Waals surface area contributed by atoms with Gasteiger partial charge in [-0.2, -0.15) is 18.3 Å². The first kappa shape index (κ1) is 22.1. The van der Waals surface area contributed by atoms with E-state index in [1.54, 1.807) is 25.1 Å². The Balaban J connectivity index is 1.77. The van der Waals surface area contributed by atoms with Gasteiger partial charge in [0, 0.05) is 28.6 Å². The number of carbonyl (C=O) groups is 1. The molecule has 0 saturated carbocycles. The number of aromatic nitrogens is 1. The molecule has 0 unspecified atom stereocenters. The van der Waals surface area contributed by atoms with Crippen molar-refractivity contribution >= 4 is 33.7 Å². The number of hydrazone groups is 1. The number of ketones is 1. The third-order valence-electron chi connectivity index (χ3n) is 4.17. The Bertz CT molecular complexity index is 1140. The maximum absolute atomic E-state index is 13.3. The molecule has 2 aromatic carbocycles. The highest BCUT2D eigenvalue weighted by Gasteiger charge is 2.37. The third kappa shape index (κ3) is 5.72. The Labute approximate surface area is 178 Å². The number of aryl methyl sites for hydroxylation is 1. The second-order valence-electron chi connectivity index (χ2n) is 6.48. The Kier molecular flexibility index (Phi) is 6.44. The average molecular weight is 448 g/mol. The Hall–Kier alpha value is -3.60. The molecule has 160 valence electrons. The maximum Gasteiger partial charge on any atom is 0.431 e. The first-order valence-electron chi connectivity index (χ1n) is 8.83. The molecule has 1 aromatic heterocycles. The molecule has 11 heteroatoms. The number of anilines is 1. The average Bonchev–Trinajstić information content (AvgIpc) is 3.19. The van der Waals surface area contributed by atoms with Crippen molar-refractivity contribution in [2.24, 2.45) is 5.10 Å². The second-order valence-corrected chi connectivity index (χ2v) is 7.34. The number of halogens is 3. The fourth-order valence-corrected chi connectivity index (χ4v) is 3.21. The molecule has 3 rings (SSSR count). The number of thiazole rings is 1. The lowest BCUT2D eigenvalue weighted by Crippen LogP contribution is -2.27. The van der Waals surface area contributed by atoms with E-state index in [4.69, 9.17) is 0 Å². The van der Waals surface area contributed by atoms with Crippen LogP contribution in [0.2, 0.25) is 0 Å². The van der Waals surface area contributed by atoms with Gasteiger partial charge >= 0.3 is 6.18 Å². The Morgan fingerprint density at radius 3 is 2.58 bits per heavy atom. The van der Waals surface area contributed by atoms with E-state index in [2.05, 4.69) is 15.5 Å². The van der Waals surface area contributed by atoms with Crippen LogP contribution >= 0.6 is 11.3 Å². The van der Waals surface area contributed by atoms with Crippen molar-refractivity contribution in [3.05, 3.63) is 75.2 Å². The largest absolute Gasteiger partial charge is 0.431 e. The Morgan fingerprint density at radius 2 is 1.94 bits per heavy atom. The highest BCUT2D eigenvalue weighted by Crippen LogP contribution is 2.28. The van der Waals surface area contributed by atoms with Gasteiger partial charge in [0.1, 0.15) is 5.71 Å². The summed E-state index contributed by atoms with van der Waals surface area (Å²) in [5.74, 6) is -0.714. The van der Waals surface area contributed by atoms with Crippen LogP contribution in [0.3, 0.4) is 0 Å². The summed E-state index contributed by atoms with van der Waals surface area (Å²) in [6, 6.07) is 11.9. The molecule has 31 heavy (non-hydrogen) atoms. The van der Waals surface area contributed by atoms with Crippen LogP contribution in [0.15, 0.2) is 59.0 Å². The molecule has 1 N–H and O–H groups in total. The van der Waals surface area contributed by atoms with Crippen molar-refractivity contribution in [3.8, 4) is 11.3 Å². The number of carbonyl (C=O) groups excluding carboxylic acids is 1. The van der Waals surface area contributed by atoms with Gasteiger partial charge in [0.25, 0.3) is 5.69 Å². The predicted octanol–water partition coefficient (Wildman–Crippen LogP) is 5.63. The maximum atomic E-state index is 13.3. The quantitative estimate of drug-likeness (QED) is 0.219. The minimum absolute atomic E-state index is 0.0473. The second kappa shape index (κ2) is 9.04. The zero-order valence-electron chi connectivity index (χ0n) is 16.0. The molecule has 0 bridgehead atoms. The van der Waals surface area contributed by atoms with E-state index in [1.807, 2.05) is 0 Å². The minimum Gasteiger partial charge on any atom is -0.294 e. The van der Waals surface area contributed by atoms with E-state index in [1.165, 1.54) is 35.7 Å². The Morgan fingerprint density at radius 1 is 1.23 bits per heavy atom. The van der Waals surface area contributed by atoms with E-state index in [0.29, 0.717) is 11.3 Å². The van der Waals surface area contributed by atoms with Gasteiger partial charge in [0.15, 0.2) is 5.78 Å². The van der Waals surface area contributed by atoms with Crippen molar-refractivity contribution in [1.29, 1.82) is 0 Å². The van der Waals surface area contributed by atoms with Crippen LogP contribution in [-0.4, -0.2) is 27.6 Å². The molecular weight excluding hydrogens is 433 g/mol. The van der Waals surface area contributed by atoms with E-state index in [-0.39, 0.29) is 16.4 Å². The van der Waals surface area contributed by atoms with Crippen molar-refractivity contribution in [2.75, 3.05) is 5.43 Å². The molecule has 0 amide bonds. The first-order chi connectivity index (χ1) is 14.6. The van der Waals surface area contributed by atoms with Gasteiger partial charge in [-0.1, -0.05) is 42.0 Å². The number of hydrogen-bond donors (Lipinski definition) is 1. The molecular formula is C20H15F3N4O3S. The lowest BCUT2D eigenvalue weighted by Gasteiger charge is -2.10. The number of rotatable bonds is 7. The van der Waals surface area contributed by atoms with Crippen LogP contribution in [-0.2, 0) is 0 Å². The molecule has 0 aliphatic carbocycles. The van der Waals surface area contributed by atoms with E-state index < -0.39 is 29.0 Å². The highest BCUT2D eigenvalue weighted by molar-refractivity contribution is 7.14. The summed E-state index contributed by atoms with van der Waals surface area (Å²) >= 11 is 0.977. The number of nitro benzene ring substituents is 1. The molecule has 0 fully saturated rings. The first-order valence-corrected chi connectivity index (χ1v) is 9.71. The zero-order valence-corrected chi connectivity index (χ0v) is 16.8. The van der Waals surface area contributed by atoms with Crippen LogP contribution < -0.4 is 5.43 Å². The fourth-order valence-electron chi connectivity index (χ4n) is 2.55. The molecule has 0 radical (unpaired) electrons. The topological polar surface area (TPSA) is 97.5 Å². The highest BCUT2D eigenvalue weighted by atomic mass is 32.1. The summed E-state index contributed by atoms with van der Waals surface area (Å²) in [4.78, 5) is 26.7. The number of hydrogen-bond acceptors (Lipinski definition) is 7. The van der Waals surface area contributed by atoms with Crippen molar-refractivity contribution in [3.63, 3.8) is 0 Å². The van der Waals surface area contributed by atoms with E-state index in [9.17, 15) is 28.1 Å². The molecule has 7 nitrogen and oxygen atoms in total. The van der Waals surface area contributed by atoms with Gasteiger partial charge in [-0.05, 0) is 6.92 Å². The number of benzene rings is 2. The molecule has 3 aromatic rings. The molecule has 0 atom stereocenters. The summed E-state index contributed by atoms with van der Waals surface area (Å²) in [5, 5.41) is 15.8. The van der Waals surface area contributed by atoms with Gasteiger partial charge < -0.3 is 0 Å². The van der Waals surface area contributed by atoms with Gasteiger partial charge in [-0.25, -0.2) is 4.98 Å². The number of Topliss-reactive ketones (excluding diaryl/α,β-unsaturated/α-hetero) is 1. The lowest BCUT2D eigenvalue weighted by atomic mass is 10.0. The van der Waals surface area contributed by atoms with Crippen LogP contribution in [0.25, 0.3) is 11.3 Å². The van der Waals surface area contributed by atoms with Gasteiger partial charge in [-0.3, -0.25) is 20.3 Å². The van der Waals surface area contributed by atoms with Crippen LogP contribution in [0.1, 0.15) is 22.3 Å². The standard InChI is InChI=1S/C20H15F3N4O3S/c1-12-5-7-13(8-6-12)17(28)10-18(20(21,22)23)25-26-19-24-16(11-31-19)14-3-2-4-15(9-14)27(29)30/h2-9,11H,10H2,1H3,(H,24,26)/b25-18+. The minimum atomic E-state index is -4.81. The van der Waals surface area contributed by atoms with Crippen LogP contribution in [0, 0.1) is 17.0 Å². The third-order valence-corrected chi connectivity index (χ3v) is 4.92. The molecule has 0 aliphatic rings. The summed E-state index contributed by atoms with van der Waals surface area (Å²) in [6.07, 6.45) is -5.74. The summed E-state index contributed by atoms with van der Waals surface area (Å²) in [7, 11) is 0. The van der Waals surface area contributed by atoms with Crippen LogP contribution in [0.5, 0.6) is 0 Å². The van der Waals surface area contributed by atoms with Gasteiger partial charge in [0.05, 0.1) is 17.0 Å². The summed E-state index contributed by atoms with van der Waals surface area (Å²) in [6.45, 7) is 1.80. The monoisotopic (exact) mass is 448 g/mol. The smallest absolute Gasteiger partial charge is 0.294 e. The normalized spacial score (nSPS) is 11.9. The SMILES string of the molecule is Cc1ccc(C(=O)C/C(=N\Nc2nc(-c3cccc([N+](=O)[O-])c3)cs2)C(F)(F)F)cc1. The number of nitro groups is 1. The van der Waals surface area contributed by atoms with Crippen LogP contribution in [0.4, 0.5) is 24.0 Å². The van der Waals surface area contributed by atoms with Crippen molar-refractivity contribution in [1.82, 2.24) is 4.98 Å². The van der Waals surface area contributed by atoms with Crippen molar-refractivity contribution < 1.29 is 22.9 Å². The molecule has 0 saturated heterocycles. The van der Waals surface area contributed by atoms with E-state index in [0.717, 1.165) is 16.9 Å². The van der Waals surface area contributed by atoms with Gasteiger partial charge in [-0.15, -0.1) is 11.3 Å². The van der Waals surface area contributed by atoms with E-state index >= 15 is 0 Å². The lowest BCUT2D eigenvalue weighted by molar-refractivity contribution is -0.384. The molecule has 0 aliphatic heterocycles. The fraction of sp³-hybridized carbons (Fsp3) is 0.150. The predicted molar refractivity (Wildman–Crippen MR) is 111 cm³/mol. The number of nitrogens with one attached hydrogen (secondary N) is 1.